The number of nitrogens with zero attached hydrogens (tertiary/aromatic N) is 1. The number of hydrogen-bond acceptors (Lipinski definition) is 4. The maximum atomic E-state index is 12.5. The van der Waals surface area contributed by atoms with Gasteiger partial charge < -0.3 is 9.30 Å². The van der Waals surface area contributed by atoms with E-state index in [0.717, 1.165) is 24.2 Å². The summed E-state index contributed by atoms with van der Waals surface area (Å²) in [6.07, 6.45) is 5.64. The van der Waals surface area contributed by atoms with Gasteiger partial charge in [0.2, 0.25) is 5.78 Å². The van der Waals surface area contributed by atoms with Gasteiger partial charge in [0.25, 0.3) is 0 Å². The largest absolute Gasteiger partial charge is 0.453 e. The molecule has 4 rings (SSSR count). The van der Waals surface area contributed by atoms with Crippen LogP contribution in [0.15, 0.2) is 12.1 Å². The van der Waals surface area contributed by atoms with E-state index in [9.17, 15) is 9.59 Å². The fraction of sp³-hybridized carbons (Fsp3) is 0.474. The Morgan fingerprint density at radius 1 is 1.25 bits per heavy atom. The summed E-state index contributed by atoms with van der Waals surface area (Å²) in [5.74, 6) is -0.494. The van der Waals surface area contributed by atoms with E-state index in [0.29, 0.717) is 16.5 Å². The van der Waals surface area contributed by atoms with Gasteiger partial charge in [-0.05, 0) is 63.6 Å². The van der Waals surface area contributed by atoms with Crippen LogP contribution in [0.3, 0.4) is 0 Å². The first-order chi connectivity index (χ1) is 11.5. The molecule has 0 radical (unpaired) electrons. The number of Topliss-reactive ketones (excluding diaryl/α,β-unsaturated/α-hetero) is 1. The molecule has 2 aromatic rings. The number of esters is 1. The van der Waals surface area contributed by atoms with Gasteiger partial charge >= 0.3 is 5.97 Å². The van der Waals surface area contributed by atoms with Crippen molar-refractivity contribution in [3.05, 3.63) is 44.4 Å². The molecule has 0 amide bonds. The Morgan fingerprint density at radius 3 is 2.75 bits per heavy atom. The number of carbonyl (C=O) groups excluding carboxylic acids is 2. The Balaban J connectivity index is 1.43. The van der Waals surface area contributed by atoms with Gasteiger partial charge in [-0.15, -0.1) is 11.3 Å². The summed E-state index contributed by atoms with van der Waals surface area (Å²) < 4.78 is 7.51. The minimum Gasteiger partial charge on any atom is -0.453 e. The summed E-state index contributed by atoms with van der Waals surface area (Å²) in [5, 5.41) is 0. The van der Waals surface area contributed by atoms with Crippen LogP contribution in [-0.4, -0.2) is 22.9 Å². The lowest BCUT2D eigenvalue weighted by Gasteiger charge is -2.07. The van der Waals surface area contributed by atoms with Crippen molar-refractivity contribution in [3.8, 4) is 0 Å². The summed E-state index contributed by atoms with van der Waals surface area (Å²) >= 11 is 1.51. The van der Waals surface area contributed by atoms with Crippen molar-refractivity contribution in [3.63, 3.8) is 0 Å². The maximum Gasteiger partial charge on any atom is 0.348 e. The van der Waals surface area contributed by atoms with E-state index in [1.807, 2.05) is 26.0 Å². The first kappa shape index (κ1) is 15.6. The Morgan fingerprint density at radius 2 is 2.04 bits per heavy atom. The van der Waals surface area contributed by atoms with Crippen LogP contribution in [0.5, 0.6) is 0 Å². The summed E-state index contributed by atoms with van der Waals surface area (Å²) in [6.45, 7) is 3.82. The second kappa shape index (κ2) is 5.88. The second-order valence-electron chi connectivity index (χ2n) is 6.80. The first-order valence-corrected chi connectivity index (χ1v) is 9.36. The summed E-state index contributed by atoms with van der Waals surface area (Å²) in [5.41, 5.74) is 4.05. The zero-order valence-electron chi connectivity index (χ0n) is 14.1. The lowest BCUT2D eigenvalue weighted by Crippen LogP contribution is -2.14. The predicted octanol–water partition coefficient (Wildman–Crippen LogP) is 4.03. The highest BCUT2D eigenvalue weighted by molar-refractivity contribution is 7.14. The van der Waals surface area contributed by atoms with Crippen molar-refractivity contribution in [2.75, 3.05) is 6.61 Å². The van der Waals surface area contributed by atoms with Crippen LogP contribution in [0.4, 0.5) is 0 Å². The fourth-order valence-electron chi connectivity index (χ4n) is 3.66. The average Bonchev–Trinajstić information content (AvgIpc) is 3.01. The zero-order chi connectivity index (χ0) is 16.8. The van der Waals surface area contributed by atoms with Crippen molar-refractivity contribution >= 4 is 23.1 Å². The molecule has 0 unspecified atom stereocenters. The van der Waals surface area contributed by atoms with Crippen LogP contribution in [0.1, 0.15) is 67.2 Å². The standard InChI is InChI=1S/C19H21NO3S/c1-11-8-15(12(2)20(11)14-6-7-14)16(21)10-23-19(22)18-9-13-4-3-5-17(13)24-18/h8-9,14H,3-7,10H2,1-2H3. The quantitative estimate of drug-likeness (QED) is 0.608. The normalized spacial score (nSPS) is 16.2. The van der Waals surface area contributed by atoms with Crippen molar-refractivity contribution in [2.45, 2.75) is 52.0 Å². The van der Waals surface area contributed by atoms with Crippen LogP contribution >= 0.6 is 11.3 Å². The van der Waals surface area contributed by atoms with E-state index in [-0.39, 0.29) is 18.4 Å². The Bertz CT molecular complexity index is 805. The molecule has 0 saturated heterocycles. The van der Waals surface area contributed by atoms with Crippen LogP contribution in [0, 0.1) is 13.8 Å². The molecule has 0 atom stereocenters. The molecule has 0 bridgehead atoms. The van der Waals surface area contributed by atoms with Crippen molar-refractivity contribution in [1.29, 1.82) is 0 Å². The third-order valence-corrected chi connectivity index (χ3v) is 6.20. The summed E-state index contributed by atoms with van der Waals surface area (Å²) in [6, 6.07) is 4.39. The van der Waals surface area contributed by atoms with Crippen LogP contribution < -0.4 is 0 Å². The van der Waals surface area contributed by atoms with Gasteiger partial charge in [-0.25, -0.2) is 4.79 Å². The minimum absolute atomic E-state index is 0.118. The molecular formula is C19H21NO3S. The first-order valence-electron chi connectivity index (χ1n) is 8.55. The summed E-state index contributed by atoms with van der Waals surface area (Å²) in [7, 11) is 0. The van der Waals surface area contributed by atoms with Gasteiger partial charge in [0, 0.05) is 27.9 Å². The molecule has 5 heteroatoms. The zero-order valence-corrected chi connectivity index (χ0v) is 14.9. The van der Waals surface area contributed by atoms with Gasteiger partial charge in [0.1, 0.15) is 4.88 Å². The number of hydrogen-bond donors (Lipinski definition) is 0. The summed E-state index contributed by atoms with van der Waals surface area (Å²) in [4.78, 5) is 26.6. The lowest BCUT2D eigenvalue weighted by atomic mass is 10.1. The number of carbonyl (C=O) groups is 2. The number of rotatable bonds is 5. The van der Waals surface area contributed by atoms with Gasteiger partial charge in [0.15, 0.2) is 6.61 Å². The van der Waals surface area contributed by atoms with E-state index in [4.69, 9.17) is 4.74 Å². The molecule has 2 aliphatic rings. The smallest absolute Gasteiger partial charge is 0.348 e. The van der Waals surface area contributed by atoms with Crippen molar-refractivity contribution < 1.29 is 14.3 Å². The Kier molecular flexibility index (Phi) is 3.83. The van der Waals surface area contributed by atoms with E-state index >= 15 is 0 Å². The van der Waals surface area contributed by atoms with Crippen molar-refractivity contribution in [1.82, 2.24) is 4.57 Å². The third kappa shape index (κ3) is 2.71. The SMILES string of the molecule is Cc1cc(C(=O)COC(=O)c2cc3c(s2)CCC3)c(C)n1C1CC1. The van der Waals surface area contributed by atoms with E-state index in [1.165, 1.54) is 41.0 Å². The molecule has 2 heterocycles. The number of thiophene rings is 1. The molecule has 0 N–H and O–H groups in total. The van der Waals surface area contributed by atoms with Gasteiger partial charge in [-0.3, -0.25) is 4.79 Å². The topological polar surface area (TPSA) is 48.3 Å². The van der Waals surface area contributed by atoms with Gasteiger partial charge in [-0.2, -0.15) is 0 Å². The van der Waals surface area contributed by atoms with Crippen LogP contribution in [0.25, 0.3) is 0 Å². The molecule has 126 valence electrons. The lowest BCUT2D eigenvalue weighted by molar-refractivity contribution is 0.0479. The molecule has 0 spiro atoms. The molecule has 2 aromatic heterocycles. The number of fused-ring (bicyclic) bond motifs is 1. The van der Waals surface area contributed by atoms with Gasteiger partial charge in [-0.1, -0.05) is 0 Å². The fourth-order valence-corrected chi connectivity index (χ4v) is 4.81. The van der Waals surface area contributed by atoms with Crippen molar-refractivity contribution in [2.24, 2.45) is 0 Å². The highest BCUT2D eigenvalue weighted by Crippen LogP contribution is 2.38. The molecule has 1 fully saturated rings. The monoisotopic (exact) mass is 343 g/mol. The Hall–Kier alpha value is -1.88. The molecule has 0 aliphatic heterocycles. The second-order valence-corrected chi connectivity index (χ2v) is 7.93. The van der Waals surface area contributed by atoms with E-state index < -0.39 is 0 Å². The maximum absolute atomic E-state index is 12.5. The number of ketones is 1. The minimum atomic E-state index is -0.376. The predicted molar refractivity (Wildman–Crippen MR) is 93.1 cm³/mol. The third-order valence-electron chi connectivity index (χ3n) is 4.98. The molecule has 0 aromatic carbocycles. The molecule has 1 saturated carbocycles. The molecule has 2 aliphatic carbocycles. The highest BCUT2D eigenvalue weighted by atomic mass is 32.1. The van der Waals surface area contributed by atoms with Crippen LogP contribution in [-0.2, 0) is 17.6 Å². The molecule has 24 heavy (non-hydrogen) atoms. The van der Waals surface area contributed by atoms with E-state index in [2.05, 4.69) is 4.57 Å². The van der Waals surface area contributed by atoms with Gasteiger partial charge in [0.05, 0.1) is 0 Å². The molecular weight excluding hydrogens is 322 g/mol. The average molecular weight is 343 g/mol. The number of aromatic nitrogens is 1. The number of aryl methyl sites for hydroxylation is 3. The number of ether oxygens (including phenoxy) is 1. The highest BCUT2D eigenvalue weighted by Gasteiger charge is 2.28. The van der Waals surface area contributed by atoms with Crippen LogP contribution in [0.2, 0.25) is 0 Å². The van der Waals surface area contributed by atoms with E-state index in [1.54, 1.807) is 0 Å². The Labute approximate surface area is 145 Å². The molecule has 4 nitrogen and oxygen atoms in total.